The summed E-state index contributed by atoms with van der Waals surface area (Å²) in [4.78, 5) is 19.1. The maximum Gasteiger partial charge on any atom is 0.233 e. The topological polar surface area (TPSA) is 47.4 Å². The maximum atomic E-state index is 12.5. The number of morpholine rings is 1. The number of unbranched alkanes of at least 4 members (excludes halogenated alkanes) is 1. The number of nitrogens with zero attached hydrogens (tertiary/aromatic N) is 3. The average molecular weight is 340 g/mol. The zero-order valence-electron chi connectivity index (χ0n) is 15.0. The molecule has 1 saturated heterocycles. The third-order valence-corrected chi connectivity index (χ3v) is 5.22. The minimum Gasteiger partial charge on any atom is -0.372 e. The zero-order valence-corrected chi connectivity index (χ0v) is 15.8. The fourth-order valence-corrected chi connectivity index (χ4v) is 3.93. The van der Waals surface area contributed by atoms with Gasteiger partial charge in [-0.25, -0.2) is 4.98 Å². The number of aryl methyl sites for hydroxylation is 1. The Morgan fingerprint density at radius 3 is 2.57 bits per heavy atom. The van der Waals surface area contributed by atoms with Gasteiger partial charge in [-0.3, -0.25) is 4.79 Å². The molecular weight excluding hydrogens is 310 g/mol. The van der Waals surface area contributed by atoms with Gasteiger partial charge in [-0.15, -0.1) is 0 Å². The van der Waals surface area contributed by atoms with Crippen LogP contribution in [-0.4, -0.2) is 51.4 Å². The number of rotatable bonds is 6. The van der Waals surface area contributed by atoms with Gasteiger partial charge in [0.2, 0.25) is 5.91 Å². The Hall–Kier alpha value is -1.01. The van der Waals surface area contributed by atoms with Crippen molar-refractivity contribution in [3.8, 4) is 0 Å². The van der Waals surface area contributed by atoms with Gasteiger partial charge in [-0.1, -0.05) is 25.1 Å². The lowest BCUT2D eigenvalue weighted by Crippen LogP contribution is -2.48. The van der Waals surface area contributed by atoms with Gasteiger partial charge in [0.15, 0.2) is 5.16 Å². The van der Waals surface area contributed by atoms with Crippen molar-refractivity contribution in [3.63, 3.8) is 0 Å². The second-order valence-electron chi connectivity index (χ2n) is 6.42. The number of thioether (sulfide) groups is 1. The van der Waals surface area contributed by atoms with Crippen LogP contribution in [0.4, 0.5) is 0 Å². The molecule has 1 aromatic heterocycles. The highest BCUT2D eigenvalue weighted by Crippen LogP contribution is 2.23. The molecule has 1 aliphatic rings. The molecule has 1 aromatic rings. The Morgan fingerprint density at radius 2 is 1.96 bits per heavy atom. The highest BCUT2D eigenvalue weighted by atomic mass is 32.2. The molecule has 2 heterocycles. The molecule has 2 rings (SSSR count). The standard InChI is InChI=1S/C17H29N3O2S/c1-6-7-8-20-15(5)14(4)18-17(20)23-11-16(21)19-9-12(2)22-13(3)10-19/h12-13H,6-11H2,1-5H3. The summed E-state index contributed by atoms with van der Waals surface area (Å²) in [5.41, 5.74) is 2.27. The minimum absolute atomic E-state index is 0.115. The molecule has 6 heteroatoms. The van der Waals surface area contributed by atoms with Crippen molar-refractivity contribution >= 4 is 17.7 Å². The van der Waals surface area contributed by atoms with Crippen molar-refractivity contribution in [2.24, 2.45) is 0 Å². The summed E-state index contributed by atoms with van der Waals surface area (Å²) in [5.74, 6) is 0.624. The van der Waals surface area contributed by atoms with Crippen molar-refractivity contribution in [3.05, 3.63) is 11.4 Å². The molecule has 0 aliphatic carbocycles. The lowest BCUT2D eigenvalue weighted by molar-refractivity contribution is -0.140. The zero-order chi connectivity index (χ0) is 17.0. The molecule has 0 saturated carbocycles. The number of hydrogen-bond donors (Lipinski definition) is 0. The SMILES string of the molecule is CCCCn1c(SCC(=O)N2CC(C)OC(C)C2)nc(C)c1C. The molecule has 5 nitrogen and oxygen atoms in total. The highest BCUT2D eigenvalue weighted by Gasteiger charge is 2.26. The van der Waals surface area contributed by atoms with E-state index < -0.39 is 0 Å². The number of carbonyl (C=O) groups excluding carboxylic acids is 1. The van der Waals surface area contributed by atoms with E-state index in [0.29, 0.717) is 18.8 Å². The van der Waals surface area contributed by atoms with E-state index in [4.69, 9.17) is 4.74 Å². The molecule has 0 N–H and O–H groups in total. The van der Waals surface area contributed by atoms with Crippen LogP contribution in [0.3, 0.4) is 0 Å². The molecule has 0 bridgehead atoms. The monoisotopic (exact) mass is 339 g/mol. The van der Waals surface area contributed by atoms with Gasteiger partial charge >= 0.3 is 0 Å². The Kier molecular flexibility index (Phi) is 6.53. The third kappa shape index (κ3) is 4.73. The fraction of sp³-hybridized carbons (Fsp3) is 0.765. The number of aromatic nitrogens is 2. The highest BCUT2D eigenvalue weighted by molar-refractivity contribution is 7.99. The largest absolute Gasteiger partial charge is 0.372 e. The molecule has 23 heavy (non-hydrogen) atoms. The van der Waals surface area contributed by atoms with Crippen LogP contribution in [0.25, 0.3) is 0 Å². The summed E-state index contributed by atoms with van der Waals surface area (Å²) < 4.78 is 7.95. The molecular formula is C17H29N3O2S. The van der Waals surface area contributed by atoms with E-state index in [2.05, 4.69) is 23.4 Å². The predicted molar refractivity (Wildman–Crippen MR) is 93.9 cm³/mol. The van der Waals surface area contributed by atoms with Crippen LogP contribution in [0.2, 0.25) is 0 Å². The number of amides is 1. The molecule has 0 spiro atoms. The summed E-state index contributed by atoms with van der Waals surface area (Å²) >= 11 is 1.56. The van der Waals surface area contributed by atoms with Crippen LogP contribution in [-0.2, 0) is 16.1 Å². The summed E-state index contributed by atoms with van der Waals surface area (Å²) in [6.07, 6.45) is 2.52. The van der Waals surface area contributed by atoms with E-state index in [1.54, 1.807) is 11.8 Å². The quantitative estimate of drug-likeness (QED) is 0.748. The van der Waals surface area contributed by atoms with Gasteiger partial charge < -0.3 is 14.2 Å². The van der Waals surface area contributed by atoms with E-state index in [1.165, 1.54) is 5.69 Å². The number of imidazole rings is 1. The van der Waals surface area contributed by atoms with Crippen LogP contribution < -0.4 is 0 Å². The van der Waals surface area contributed by atoms with E-state index in [9.17, 15) is 4.79 Å². The molecule has 1 fully saturated rings. The smallest absolute Gasteiger partial charge is 0.233 e. The van der Waals surface area contributed by atoms with Crippen molar-refractivity contribution in [2.45, 2.75) is 71.4 Å². The van der Waals surface area contributed by atoms with Crippen molar-refractivity contribution in [2.75, 3.05) is 18.8 Å². The first kappa shape index (κ1) is 18.3. The van der Waals surface area contributed by atoms with Gasteiger partial charge in [0.25, 0.3) is 0 Å². The van der Waals surface area contributed by atoms with Crippen LogP contribution in [0.5, 0.6) is 0 Å². The second-order valence-corrected chi connectivity index (χ2v) is 7.36. The Morgan fingerprint density at radius 1 is 1.30 bits per heavy atom. The molecule has 1 aliphatic heterocycles. The normalized spacial score (nSPS) is 21.7. The first-order valence-corrected chi connectivity index (χ1v) is 9.50. The van der Waals surface area contributed by atoms with E-state index in [1.807, 2.05) is 25.7 Å². The summed E-state index contributed by atoms with van der Waals surface area (Å²) in [6.45, 7) is 12.7. The molecule has 130 valence electrons. The maximum absolute atomic E-state index is 12.5. The predicted octanol–water partition coefficient (Wildman–Crippen LogP) is 3.03. The van der Waals surface area contributed by atoms with E-state index >= 15 is 0 Å². The van der Waals surface area contributed by atoms with Gasteiger partial charge in [0.05, 0.1) is 23.7 Å². The van der Waals surface area contributed by atoms with Crippen molar-refractivity contribution in [1.29, 1.82) is 0 Å². The van der Waals surface area contributed by atoms with Crippen molar-refractivity contribution in [1.82, 2.24) is 14.5 Å². The summed E-state index contributed by atoms with van der Waals surface area (Å²) in [7, 11) is 0. The minimum atomic E-state index is 0.115. The summed E-state index contributed by atoms with van der Waals surface area (Å²) in [5, 5.41) is 0.969. The van der Waals surface area contributed by atoms with Gasteiger partial charge in [-0.2, -0.15) is 0 Å². The van der Waals surface area contributed by atoms with Gasteiger partial charge in [0, 0.05) is 25.3 Å². The van der Waals surface area contributed by atoms with Crippen molar-refractivity contribution < 1.29 is 9.53 Å². The Balaban J connectivity index is 1.97. The third-order valence-electron chi connectivity index (χ3n) is 4.26. The van der Waals surface area contributed by atoms with Gasteiger partial charge in [-0.05, 0) is 34.1 Å². The number of carbonyl (C=O) groups is 1. The molecule has 2 atom stereocenters. The molecule has 1 amide bonds. The number of ether oxygens (including phenoxy) is 1. The molecule has 0 radical (unpaired) electrons. The molecule has 2 unspecified atom stereocenters. The van der Waals surface area contributed by atoms with Crippen LogP contribution >= 0.6 is 11.8 Å². The van der Waals surface area contributed by atoms with Crippen LogP contribution in [0, 0.1) is 13.8 Å². The van der Waals surface area contributed by atoms with E-state index in [-0.39, 0.29) is 18.1 Å². The van der Waals surface area contributed by atoms with Gasteiger partial charge in [0.1, 0.15) is 0 Å². The first-order chi connectivity index (χ1) is 10.9. The Labute approximate surface area is 143 Å². The first-order valence-electron chi connectivity index (χ1n) is 8.52. The summed E-state index contributed by atoms with van der Waals surface area (Å²) in [6, 6.07) is 0. The average Bonchev–Trinajstić information content (AvgIpc) is 2.76. The lowest BCUT2D eigenvalue weighted by atomic mass is 10.2. The van der Waals surface area contributed by atoms with Crippen LogP contribution in [0.1, 0.15) is 45.0 Å². The number of hydrogen-bond acceptors (Lipinski definition) is 4. The molecule has 0 aromatic carbocycles. The lowest BCUT2D eigenvalue weighted by Gasteiger charge is -2.35. The van der Waals surface area contributed by atoms with Crippen LogP contribution in [0.15, 0.2) is 5.16 Å². The van der Waals surface area contributed by atoms with E-state index in [0.717, 1.165) is 30.2 Å². The second kappa shape index (κ2) is 8.20. The fourth-order valence-electron chi connectivity index (χ4n) is 2.91. The Bertz CT molecular complexity index is 534.